The summed E-state index contributed by atoms with van der Waals surface area (Å²) in [4.78, 5) is 4.02. The SMILES string of the molecule is Cc1ccc(S(=O)(=O)[C@@H]2CS(=O)(=O)C[C@H]2N2CCN(c3ccccc3F)CC2)cc1. The molecule has 9 heteroatoms. The Balaban J connectivity index is 1.55. The highest BCUT2D eigenvalue weighted by molar-refractivity contribution is 7.96. The molecule has 2 saturated heterocycles. The smallest absolute Gasteiger partial charge is 0.183 e. The number of para-hydroxylation sites is 1. The van der Waals surface area contributed by atoms with E-state index < -0.39 is 31.0 Å². The van der Waals surface area contributed by atoms with E-state index in [9.17, 15) is 21.2 Å². The summed E-state index contributed by atoms with van der Waals surface area (Å²) in [6.07, 6.45) is 0. The number of aryl methyl sites for hydroxylation is 1. The molecule has 0 amide bonds. The van der Waals surface area contributed by atoms with Crippen LogP contribution in [0, 0.1) is 12.7 Å². The van der Waals surface area contributed by atoms with Crippen LogP contribution in [0.1, 0.15) is 5.56 Å². The Morgan fingerprint density at radius 1 is 0.933 bits per heavy atom. The molecule has 0 radical (unpaired) electrons. The molecule has 0 unspecified atom stereocenters. The molecule has 2 atom stereocenters. The van der Waals surface area contributed by atoms with Crippen LogP contribution >= 0.6 is 0 Å². The lowest BCUT2D eigenvalue weighted by atomic mass is 10.1. The van der Waals surface area contributed by atoms with Crippen LogP contribution in [0.4, 0.5) is 10.1 Å². The number of nitrogens with zero attached hydrogens (tertiary/aromatic N) is 2. The molecule has 2 aliphatic rings. The van der Waals surface area contributed by atoms with E-state index in [1.54, 1.807) is 42.5 Å². The maximum Gasteiger partial charge on any atom is 0.183 e. The zero-order valence-electron chi connectivity index (χ0n) is 16.7. The predicted octanol–water partition coefficient (Wildman–Crippen LogP) is 1.90. The molecule has 2 aliphatic heterocycles. The number of sulfone groups is 2. The second kappa shape index (κ2) is 7.94. The van der Waals surface area contributed by atoms with Crippen molar-refractivity contribution in [1.29, 1.82) is 0 Å². The molecule has 162 valence electrons. The van der Waals surface area contributed by atoms with E-state index in [2.05, 4.69) is 0 Å². The first-order valence-electron chi connectivity index (χ1n) is 9.92. The topological polar surface area (TPSA) is 74.8 Å². The van der Waals surface area contributed by atoms with Crippen LogP contribution in [0.5, 0.6) is 0 Å². The maximum atomic E-state index is 14.1. The van der Waals surface area contributed by atoms with Gasteiger partial charge in [-0.1, -0.05) is 29.8 Å². The molecule has 4 rings (SSSR count). The number of piperazine rings is 1. The normalized spacial score (nSPS) is 24.8. The number of benzene rings is 2. The van der Waals surface area contributed by atoms with Crippen molar-refractivity contribution in [2.24, 2.45) is 0 Å². The second-order valence-corrected chi connectivity index (χ2v) is 12.3. The predicted molar refractivity (Wildman–Crippen MR) is 115 cm³/mol. The molecule has 0 aromatic heterocycles. The zero-order valence-corrected chi connectivity index (χ0v) is 18.4. The number of anilines is 1. The number of halogens is 1. The van der Waals surface area contributed by atoms with Crippen molar-refractivity contribution in [1.82, 2.24) is 4.90 Å². The lowest BCUT2D eigenvalue weighted by molar-refractivity contribution is 0.201. The Hall–Kier alpha value is -1.97. The summed E-state index contributed by atoms with van der Waals surface area (Å²) in [5.41, 5.74) is 1.45. The van der Waals surface area contributed by atoms with Gasteiger partial charge in [0.1, 0.15) is 5.82 Å². The zero-order chi connectivity index (χ0) is 21.5. The molecular weight excluding hydrogens is 427 g/mol. The van der Waals surface area contributed by atoms with Crippen molar-refractivity contribution in [2.75, 3.05) is 42.6 Å². The quantitative estimate of drug-likeness (QED) is 0.705. The van der Waals surface area contributed by atoms with E-state index in [1.807, 2.05) is 16.7 Å². The highest BCUT2D eigenvalue weighted by Crippen LogP contribution is 2.30. The Kier molecular flexibility index (Phi) is 5.63. The molecule has 2 aromatic rings. The largest absolute Gasteiger partial charge is 0.367 e. The van der Waals surface area contributed by atoms with Crippen molar-refractivity contribution in [2.45, 2.75) is 23.1 Å². The van der Waals surface area contributed by atoms with Crippen LogP contribution in [-0.4, -0.2) is 70.7 Å². The summed E-state index contributed by atoms with van der Waals surface area (Å²) < 4.78 is 65.4. The molecule has 30 heavy (non-hydrogen) atoms. The molecule has 2 aromatic carbocycles. The van der Waals surface area contributed by atoms with E-state index in [0.29, 0.717) is 31.9 Å². The first kappa shape index (κ1) is 21.3. The van der Waals surface area contributed by atoms with Crippen molar-refractivity contribution in [3.63, 3.8) is 0 Å². The summed E-state index contributed by atoms with van der Waals surface area (Å²) >= 11 is 0. The molecule has 0 aliphatic carbocycles. The van der Waals surface area contributed by atoms with Gasteiger partial charge in [0.15, 0.2) is 19.7 Å². The van der Waals surface area contributed by atoms with Gasteiger partial charge in [-0.25, -0.2) is 21.2 Å². The minimum atomic E-state index is -3.79. The summed E-state index contributed by atoms with van der Waals surface area (Å²) in [5, 5.41) is -0.995. The van der Waals surface area contributed by atoms with E-state index >= 15 is 0 Å². The summed E-state index contributed by atoms with van der Waals surface area (Å²) in [5.74, 6) is -0.821. The fourth-order valence-corrected chi connectivity index (χ4v) is 9.17. The molecule has 6 nitrogen and oxygen atoms in total. The lowest BCUT2D eigenvalue weighted by Gasteiger charge is -2.40. The van der Waals surface area contributed by atoms with Crippen LogP contribution in [0.25, 0.3) is 0 Å². The Morgan fingerprint density at radius 3 is 2.20 bits per heavy atom. The maximum absolute atomic E-state index is 14.1. The van der Waals surface area contributed by atoms with Crippen molar-refractivity contribution >= 4 is 25.4 Å². The second-order valence-electron chi connectivity index (χ2n) is 8.02. The van der Waals surface area contributed by atoms with Gasteiger partial charge in [0.25, 0.3) is 0 Å². The van der Waals surface area contributed by atoms with Crippen molar-refractivity contribution in [3.05, 3.63) is 59.9 Å². The summed E-state index contributed by atoms with van der Waals surface area (Å²) in [6.45, 7) is 3.85. The average molecular weight is 453 g/mol. The Bertz CT molecular complexity index is 1130. The van der Waals surface area contributed by atoms with Crippen LogP contribution in [0.15, 0.2) is 53.4 Å². The minimum Gasteiger partial charge on any atom is -0.367 e. The van der Waals surface area contributed by atoms with Gasteiger partial charge < -0.3 is 4.90 Å². The molecule has 0 N–H and O–H groups in total. The third-order valence-electron chi connectivity index (χ3n) is 6.00. The number of hydrogen-bond acceptors (Lipinski definition) is 6. The highest BCUT2D eigenvalue weighted by atomic mass is 32.2. The standard InChI is InChI=1S/C21H25FN2O4S2/c1-16-6-8-17(9-7-16)30(27,28)21-15-29(25,26)14-20(21)24-12-10-23(11-13-24)19-5-3-2-4-18(19)22/h2-9,20-21H,10-15H2,1H3/t20-,21-/m1/s1. The van der Waals surface area contributed by atoms with E-state index in [0.717, 1.165) is 5.56 Å². The fraction of sp³-hybridized carbons (Fsp3) is 0.429. The van der Waals surface area contributed by atoms with E-state index in [4.69, 9.17) is 0 Å². The van der Waals surface area contributed by atoms with Gasteiger partial charge in [0.05, 0.1) is 27.3 Å². The third-order valence-corrected chi connectivity index (χ3v) is 10.1. The Labute approximate surface area is 177 Å². The number of rotatable bonds is 4. The van der Waals surface area contributed by atoms with Gasteiger partial charge in [-0.05, 0) is 31.2 Å². The van der Waals surface area contributed by atoms with Crippen LogP contribution in [0.3, 0.4) is 0 Å². The van der Waals surface area contributed by atoms with Crippen molar-refractivity contribution in [3.8, 4) is 0 Å². The fourth-order valence-electron chi connectivity index (χ4n) is 4.34. The van der Waals surface area contributed by atoms with Crippen LogP contribution < -0.4 is 4.90 Å². The summed E-state index contributed by atoms with van der Waals surface area (Å²) in [7, 11) is -7.25. The average Bonchev–Trinajstić information content (AvgIpc) is 3.05. The molecule has 0 saturated carbocycles. The van der Waals surface area contributed by atoms with Gasteiger partial charge in [-0.3, -0.25) is 4.90 Å². The monoisotopic (exact) mass is 452 g/mol. The highest BCUT2D eigenvalue weighted by Gasteiger charge is 2.48. The van der Waals surface area contributed by atoms with Crippen LogP contribution in [-0.2, 0) is 19.7 Å². The molecule has 2 fully saturated rings. The first-order chi connectivity index (χ1) is 14.2. The van der Waals surface area contributed by atoms with Crippen LogP contribution in [0.2, 0.25) is 0 Å². The molecular formula is C21H25FN2O4S2. The van der Waals surface area contributed by atoms with Gasteiger partial charge in [-0.15, -0.1) is 0 Å². The third kappa shape index (κ3) is 4.10. The first-order valence-corrected chi connectivity index (χ1v) is 13.3. The van der Waals surface area contributed by atoms with E-state index in [1.165, 1.54) is 6.07 Å². The van der Waals surface area contributed by atoms with Crippen molar-refractivity contribution < 1.29 is 21.2 Å². The number of hydrogen-bond donors (Lipinski definition) is 0. The summed E-state index contributed by atoms with van der Waals surface area (Å²) in [6, 6.07) is 12.5. The molecule has 0 spiro atoms. The van der Waals surface area contributed by atoms with Gasteiger partial charge >= 0.3 is 0 Å². The molecule has 0 bridgehead atoms. The van der Waals surface area contributed by atoms with E-state index in [-0.39, 0.29) is 22.2 Å². The Morgan fingerprint density at radius 2 is 1.57 bits per heavy atom. The van der Waals surface area contributed by atoms with Gasteiger partial charge in [-0.2, -0.15) is 0 Å². The minimum absolute atomic E-state index is 0.158. The lowest BCUT2D eigenvalue weighted by Crippen LogP contribution is -2.55. The molecule has 2 heterocycles. The van der Waals surface area contributed by atoms with Gasteiger partial charge in [0, 0.05) is 32.2 Å². The van der Waals surface area contributed by atoms with Gasteiger partial charge in [0.2, 0.25) is 0 Å².